The summed E-state index contributed by atoms with van der Waals surface area (Å²) < 4.78 is 9.33. The Kier molecular flexibility index (Phi) is 1.46. The molecule has 0 saturated carbocycles. The van der Waals surface area contributed by atoms with Crippen LogP contribution >= 0.6 is 0 Å². The first-order valence-electron chi connectivity index (χ1n) is 3.79. The molecule has 2 heterocycles. The van der Waals surface area contributed by atoms with Gasteiger partial charge in [-0.1, -0.05) is 0 Å². The van der Waals surface area contributed by atoms with Gasteiger partial charge in [0.05, 0.1) is 0 Å². The van der Waals surface area contributed by atoms with Crippen molar-refractivity contribution in [2.24, 2.45) is 0 Å². The first-order chi connectivity index (χ1) is 6.57. The molecule has 1 aliphatic rings. The Balaban J connectivity index is 2.29. The van der Waals surface area contributed by atoms with E-state index in [2.05, 4.69) is 10.1 Å². The van der Waals surface area contributed by atoms with Crippen molar-refractivity contribution in [2.75, 3.05) is 5.32 Å². The highest BCUT2D eigenvalue weighted by Gasteiger charge is 2.55. The van der Waals surface area contributed by atoms with Gasteiger partial charge in [-0.05, 0) is 0 Å². The molecule has 0 bridgehead atoms. The predicted molar refractivity (Wildman–Crippen MR) is 43.2 cm³/mol. The third kappa shape index (κ3) is 1.07. The number of furan rings is 1. The minimum atomic E-state index is -1.15. The summed E-state index contributed by atoms with van der Waals surface area (Å²) >= 11 is 0. The molecule has 0 spiro atoms. The van der Waals surface area contributed by atoms with E-state index in [1.165, 1.54) is 6.92 Å². The Morgan fingerprint density at radius 2 is 2.36 bits per heavy atom. The molecule has 1 aromatic rings. The van der Waals surface area contributed by atoms with Crippen molar-refractivity contribution in [3.8, 4) is 11.8 Å². The average molecular weight is 194 g/mol. The number of nitrogens with one attached hydrogen (secondary N) is 1. The van der Waals surface area contributed by atoms with Crippen LogP contribution in [-0.2, 0) is 9.53 Å². The summed E-state index contributed by atoms with van der Waals surface area (Å²) in [6, 6.07) is 1.73. The Labute approximate surface area is 78.7 Å². The molecule has 14 heavy (non-hydrogen) atoms. The second kappa shape index (κ2) is 2.42. The predicted octanol–water partition coefficient (Wildman–Crippen LogP) is 0.542. The van der Waals surface area contributed by atoms with E-state index in [0.29, 0.717) is 0 Å². The molecule has 0 aliphatic carbocycles. The van der Waals surface area contributed by atoms with Crippen molar-refractivity contribution in [3.63, 3.8) is 0 Å². The molecule has 1 aromatic heterocycles. The van der Waals surface area contributed by atoms with E-state index in [1.807, 2.05) is 0 Å². The topological polar surface area (TPSA) is 98.8 Å². The summed E-state index contributed by atoms with van der Waals surface area (Å²) in [5, 5.41) is 20.4. The highest BCUT2D eigenvalue weighted by molar-refractivity contribution is 5.95. The van der Waals surface area contributed by atoms with Crippen molar-refractivity contribution < 1.29 is 19.1 Å². The number of ether oxygens (including phenoxy) is 1. The SMILES string of the molecule is CC1(Nc2c(O)coc2C#N)OC1=O. The molecule has 1 fully saturated rings. The largest absolute Gasteiger partial charge is 0.503 e. The lowest BCUT2D eigenvalue weighted by Gasteiger charge is -2.04. The van der Waals surface area contributed by atoms with Gasteiger partial charge in [-0.15, -0.1) is 0 Å². The van der Waals surface area contributed by atoms with E-state index in [1.54, 1.807) is 6.07 Å². The fourth-order valence-corrected chi connectivity index (χ4v) is 1.03. The van der Waals surface area contributed by atoms with Gasteiger partial charge in [-0.25, -0.2) is 4.79 Å². The van der Waals surface area contributed by atoms with Gasteiger partial charge < -0.3 is 19.6 Å². The van der Waals surface area contributed by atoms with E-state index in [0.717, 1.165) is 6.26 Å². The summed E-state index contributed by atoms with van der Waals surface area (Å²) in [5.41, 5.74) is -1.08. The van der Waals surface area contributed by atoms with Gasteiger partial charge >= 0.3 is 5.97 Å². The maximum Gasteiger partial charge on any atom is 0.374 e. The van der Waals surface area contributed by atoms with Crippen molar-refractivity contribution in [1.29, 1.82) is 5.26 Å². The van der Waals surface area contributed by atoms with Crippen molar-refractivity contribution >= 4 is 11.7 Å². The zero-order valence-electron chi connectivity index (χ0n) is 7.20. The molecule has 0 aromatic carbocycles. The zero-order chi connectivity index (χ0) is 10.3. The van der Waals surface area contributed by atoms with Crippen LogP contribution in [0.5, 0.6) is 5.75 Å². The Morgan fingerprint density at radius 3 is 2.86 bits per heavy atom. The van der Waals surface area contributed by atoms with Gasteiger partial charge in [-0.2, -0.15) is 5.26 Å². The molecule has 0 amide bonds. The number of epoxide rings is 1. The van der Waals surface area contributed by atoms with Crippen molar-refractivity contribution in [2.45, 2.75) is 12.6 Å². The van der Waals surface area contributed by atoms with Gasteiger partial charge in [0.15, 0.2) is 5.75 Å². The molecular weight excluding hydrogens is 188 g/mol. The summed E-state index contributed by atoms with van der Waals surface area (Å²) in [4.78, 5) is 10.8. The van der Waals surface area contributed by atoms with E-state index in [4.69, 9.17) is 9.68 Å². The van der Waals surface area contributed by atoms with Crippen LogP contribution in [0.25, 0.3) is 0 Å². The maximum atomic E-state index is 10.8. The summed E-state index contributed by atoms with van der Waals surface area (Å²) in [7, 11) is 0. The van der Waals surface area contributed by atoms with Crippen LogP contribution in [-0.4, -0.2) is 16.8 Å². The number of rotatable bonds is 2. The number of nitriles is 1. The fourth-order valence-electron chi connectivity index (χ4n) is 1.03. The van der Waals surface area contributed by atoms with Crippen LogP contribution in [0, 0.1) is 11.3 Å². The molecule has 1 aliphatic heterocycles. The molecule has 6 nitrogen and oxygen atoms in total. The monoisotopic (exact) mass is 194 g/mol. The molecule has 1 saturated heterocycles. The third-order valence-corrected chi connectivity index (χ3v) is 1.88. The van der Waals surface area contributed by atoms with E-state index >= 15 is 0 Å². The number of hydrogen-bond acceptors (Lipinski definition) is 6. The van der Waals surface area contributed by atoms with E-state index in [-0.39, 0.29) is 17.2 Å². The quantitative estimate of drug-likeness (QED) is 0.666. The van der Waals surface area contributed by atoms with Gasteiger partial charge in [-0.3, -0.25) is 0 Å². The van der Waals surface area contributed by atoms with Gasteiger partial charge in [0.25, 0.3) is 5.72 Å². The van der Waals surface area contributed by atoms with Crippen LogP contribution < -0.4 is 5.32 Å². The lowest BCUT2D eigenvalue weighted by molar-refractivity contribution is -0.117. The lowest BCUT2D eigenvalue weighted by Crippen LogP contribution is -2.20. The second-order valence-corrected chi connectivity index (χ2v) is 2.98. The van der Waals surface area contributed by atoms with Gasteiger partial charge in [0.1, 0.15) is 18.0 Å². The van der Waals surface area contributed by atoms with Gasteiger partial charge in [0.2, 0.25) is 5.76 Å². The molecule has 6 heteroatoms. The zero-order valence-corrected chi connectivity index (χ0v) is 7.20. The van der Waals surface area contributed by atoms with Crippen molar-refractivity contribution in [1.82, 2.24) is 0 Å². The molecule has 0 radical (unpaired) electrons. The molecule has 72 valence electrons. The molecule has 2 rings (SSSR count). The second-order valence-electron chi connectivity index (χ2n) is 2.98. The average Bonchev–Trinajstić information content (AvgIpc) is 2.55. The maximum absolute atomic E-state index is 10.8. The highest BCUT2D eigenvalue weighted by Crippen LogP contribution is 2.36. The van der Waals surface area contributed by atoms with Crippen molar-refractivity contribution in [3.05, 3.63) is 12.0 Å². The number of nitrogens with zero attached hydrogens (tertiary/aromatic N) is 1. The van der Waals surface area contributed by atoms with Crippen LogP contribution in [0.3, 0.4) is 0 Å². The van der Waals surface area contributed by atoms with Crippen LogP contribution in [0.4, 0.5) is 5.69 Å². The number of cyclic esters (lactones) is 1. The highest BCUT2D eigenvalue weighted by atomic mass is 16.7. The van der Waals surface area contributed by atoms with E-state index < -0.39 is 11.7 Å². The standard InChI is InChI=1S/C8H6N2O4/c1-8(7(12)14-8)10-6-4(11)3-13-5(6)2-9/h3,10-11H,1H3. The summed E-state index contributed by atoms with van der Waals surface area (Å²) in [6.45, 7) is 1.49. The number of aromatic hydroxyl groups is 1. The van der Waals surface area contributed by atoms with Crippen LogP contribution in [0.1, 0.15) is 12.7 Å². The normalized spacial score (nSPS) is 23.9. The Morgan fingerprint density at radius 1 is 1.71 bits per heavy atom. The smallest absolute Gasteiger partial charge is 0.374 e. The molecule has 1 unspecified atom stereocenters. The third-order valence-electron chi connectivity index (χ3n) is 1.88. The first kappa shape index (κ1) is 8.44. The van der Waals surface area contributed by atoms with Crippen LogP contribution in [0.15, 0.2) is 10.7 Å². The summed E-state index contributed by atoms with van der Waals surface area (Å²) in [6.07, 6.45) is 1.01. The Bertz CT molecular complexity index is 445. The number of carbonyl (C=O) groups is 1. The molecule has 2 N–H and O–H groups in total. The first-order valence-corrected chi connectivity index (χ1v) is 3.79. The number of anilines is 1. The minimum absolute atomic E-state index is 0.0702. The molecular formula is C8H6N2O4. The molecule has 1 atom stereocenters. The summed E-state index contributed by atoms with van der Waals surface area (Å²) in [5.74, 6) is -0.764. The van der Waals surface area contributed by atoms with E-state index in [9.17, 15) is 9.90 Å². The fraction of sp³-hybridized carbons (Fsp3) is 0.250. The number of hydrogen-bond donors (Lipinski definition) is 2. The minimum Gasteiger partial charge on any atom is -0.503 e. The van der Waals surface area contributed by atoms with Gasteiger partial charge in [0, 0.05) is 6.92 Å². The van der Waals surface area contributed by atoms with Crippen LogP contribution in [0.2, 0.25) is 0 Å². The number of carbonyl (C=O) groups excluding carboxylic acids is 1. The lowest BCUT2D eigenvalue weighted by atomic mass is 10.3. The Hall–Kier alpha value is -2.16.